The van der Waals surface area contributed by atoms with Gasteiger partial charge in [0.1, 0.15) is 6.33 Å². The van der Waals surface area contributed by atoms with Gasteiger partial charge in [-0.3, -0.25) is 0 Å². The Morgan fingerprint density at radius 2 is 1.70 bits per heavy atom. The SMILES string of the molecule is F/C=C(\F)C(F)(F)C(F)F. The van der Waals surface area contributed by atoms with E-state index in [0.29, 0.717) is 0 Å². The summed E-state index contributed by atoms with van der Waals surface area (Å²) in [5, 5.41) is 0. The molecule has 0 spiro atoms. The highest BCUT2D eigenvalue weighted by Crippen LogP contribution is 2.31. The van der Waals surface area contributed by atoms with Crippen LogP contribution in [-0.4, -0.2) is 12.3 Å². The molecule has 0 rings (SSSR count). The number of alkyl halides is 4. The van der Waals surface area contributed by atoms with Gasteiger partial charge in [-0.1, -0.05) is 0 Å². The van der Waals surface area contributed by atoms with E-state index in [4.69, 9.17) is 0 Å². The molecule has 0 aliphatic carbocycles. The molecule has 60 valence electrons. The lowest BCUT2D eigenvalue weighted by Gasteiger charge is -2.10. The van der Waals surface area contributed by atoms with Crippen LogP contribution in [0.1, 0.15) is 0 Å². The predicted molar refractivity (Wildman–Crippen MR) is 21.2 cm³/mol. The van der Waals surface area contributed by atoms with Crippen LogP contribution in [0.25, 0.3) is 0 Å². The summed E-state index contributed by atoms with van der Waals surface area (Å²) in [6.45, 7) is 0. The van der Waals surface area contributed by atoms with Crippen molar-refractivity contribution in [2.75, 3.05) is 0 Å². The minimum absolute atomic E-state index is 1.19. The van der Waals surface area contributed by atoms with Gasteiger partial charge >= 0.3 is 12.3 Å². The number of rotatable bonds is 2. The van der Waals surface area contributed by atoms with Crippen molar-refractivity contribution in [3.05, 3.63) is 12.2 Å². The molecule has 0 N–H and O–H groups in total. The van der Waals surface area contributed by atoms with Gasteiger partial charge in [-0.15, -0.1) is 0 Å². The third-order valence-corrected chi connectivity index (χ3v) is 0.688. The number of halogens is 6. The maximum Gasteiger partial charge on any atom is 0.360 e. The smallest absolute Gasteiger partial charge is 0.212 e. The Morgan fingerprint density at radius 3 is 1.80 bits per heavy atom. The van der Waals surface area contributed by atoms with Crippen molar-refractivity contribution in [1.82, 2.24) is 0 Å². The third kappa shape index (κ3) is 1.65. The quantitative estimate of drug-likeness (QED) is 0.550. The van der Waals surface area contributed by atoms with E-state index in [1.165, 1.54) is 0 Å². The lowest BCUT2D eigenvalue weighted by molar-refractivity contribution is -0.113. The molecular weight excluding hydrogens is 162 g/mol. The maximum atomic E-state index is 11.5. The molecule has 0 aromatic carbocycles. The van der Waals surface area contributed by atoms with Gasteiger partial charge in [-0.25, -0.2) is 17.6 Å². The van der Waals surface area contributed by atoms with Crippen molar-refractivity contribution < 1.29 is 26.3 Å². The molecule has 0 aromatic heterocycles. The molecule has 0 saturated heterocycles. The zero-order valence-corrected chi connectivity index (χ0v) is 4.42. The second-order valence-corrected chi connectivity index (χ2v) is 1.38. The van der Waals surface area contributed by atoms with Crippen LogP contribution in [-0.2, 0) is 0 Å². The van der Waals surface area contributed by atoms with Crippen molar-refractivity contribution in [2.45, 2.75) is 12.3 Å². The van der Waals surface area contributed by atoms with Crippen LogP contribution < -0.4 is 0 Å². The largest absolute Gasteiger partial charge is 0.360 e. The van der Waals surface area contributed by atoms with E-state index < -0.39 is 24.5 Å². The number of allylic oxidation sites excluding steroid dienone is 1. The molecule has 0 nitrogen and oxygen atoms in total. The van der Waals surface area contributed by atoms with Gasteiger partial charge < -0.3 is 0 Å². The molecule has 0 saturated carbocycles. The summed E-state index contributed by atoms with van der Waals surface area (Å²) in [6, 6.07) is 0. The minimum atomic E-state index is -5.01. The van der Waals surface area contributed by atoms with Crippen molar-refractivity contribution in [3.63, 3.8) is 0 Å². The van der Waals surface area contributed by atoms with Gasteiger partial charge in [-0.2, -0.15) is 8.78 Å². The van der Waals surface area contributed by atoms with Gasteiger partial charge in [0.25, 0.3) is 0 Å². The lowest BCUT2D eigenvalue weighted by Crippen LogP contribution is -2.26. The molecule has 0 heterocycles. The highest BCUT2D eigenvalue weighted by atomic mass is 19.3. The van der Waals surface area contributed by atoms with Gasteiger partial charge in [0.15, 0.2) is 0 Å². The Morgan fingerprint density at radius 1 is 1.30 bits per heavy atom. The second-order valence-electron chi connectivity index (χ2n) is 1.38. The molecule has 0 aliphatic rings. The van der Waals surface area contributed by atoms with Crippen molar-refractivity contribution >= 4 is 0 Å². The molecule has 0 fully saturated rings. The van der Waals surface area contributed by atoms with E-state index in [9.17, 15) is 26.3 Å². The van der Waals surface area contributed by atoms with E-state index in [0.717, 1.165) is 0 Å². The van der Waals surface area contributed by atoms with Crippen LogP contribution in [0, 0.1) is 0 Å². The summed E-state index contributed by atoms with van der Waals surface area (Å²) < 4.78 is 67.4. The Labute approximate surface area is 52.1 Å². The van der Waals surface area contributed by atoms with E-state index in [1.54, 1.807) is 0 Å². The fourth-order valence-electron chi connectivity index (χ4n) is 0.177. The van der Waals surface area contributed by atoms with Crippen LogP contribution in [0.2, 0.25) is 0 Å². The van der Waals surface area contributed by atoms with Crippen molar-refractivity contribution in [1.29, 1.82) is 0 Å². The number of hydrogen-bond donors (Lipinski definition) is 0. The molecule has 10 heavy (non-hydrogen) atoms. The molecule has 0 aliphatic heterocycles. The highest BCUT2D eigenvalue weighted by Gasteiger charge is 2.46. The van der Waals surface area contributed by atoms with Crippen molar-refractivity contribution in [2.24, 2.45) is 0 Å². The summed E-state index contributed by atoms with van der Waals surface area (Å²) in [4.78, 5) is 0. The van der Waals surface area contributed by atoms with Crippen LogP contribution >= 0.6 is 0 Å². The first-order chi connectivity index (χ1) is 4.42. The van der Waals surface area contributed by atoms with Crippen LogP contribution in [0.3, 0.4) is 0 Å². The van der Waals surface area contributed by atoms with Gasteiger partial charge in [0.2, 0.25) is 5.83 Å². The maximum absolute atomic E-state index is 11.5. The molecule has 0 bridgehead atoms. The molecular formula is C4H2F6. The van der Waals surface area contributed by atoms with E-state index in [1.807, 2.05) is 0 Å². The van der Waals surface area contributed by atoms with Gasteiger partial charge in [0, 0.05) is 0 Å². The predicted octanol–water partition coefficient (Wildman–Crippen LogP) is 2.67. The first-order valence-electron chi connectivity index (χ1n) is 2.05. The van der Waals surface area contributed by atoms with E-state index in [-0.39, 0.29) is 0 Å². The summed E-state index contributed by atoms with van der Waals surface area (Å²) in [5.41, 5.74) is 0. The lowest BCUT2D eigenvalue weighted by atomic mass is 10.3. The highest BCUT2D eigenvalue weighted by molar-refractivity contribution is 5.01. The molecule has 0 aromatic rings. The third-order valence-electron chi connectivity index (χ3n) is 0.688. The second kappa shape index (κ2) is 2.94. The van der Waals surface area contributed by atoms with Crippen molar-refractivity contribution in [3.8, 4) is 0 Å². The average Bonchev–Trinajstić information content (AvgIpc) is 1.86. The van der Waals surface area contributed by atoms with Gasteiger partial charge in [-0.05, 0) is 0 Å². The normalized spacial score (nSPS) is 14.5. The standard InChI is InChI=1S/C4H2F6/c5-1-2(6)4(9,10)3(7)8/h1,3H/b2-1-. The fraction of sp³-hybridized carbons (Fsp3) is 0.500. The topological polar surface area (TPSA) is 0 Å². The summed E-state index contributed by atoms with van der Waals surface area (Å²) in [5.74, 6) is -7.77. The molecule has 6 heteroatoms. The summed E-state index contributed by atoms with van der Waals surface area (Å²) in [6.07, 6.45) is -5.41. The summed E-state index contributed by atoms with van der Waals surface area (Å²) >= 11 is 0. The summed E-state index contributed by atoms with van der Waals surface area (Å²) in [7, 11) is 0. The van der Waals surface area contributed by atoms with Crippen LogP contribution in [0.15, 0.2) is 12.2 Å². The minimum Gasteiger partial charge on any atom is -0.212 e. The Kier molecular flexibility index (Phi) is 2.74. The zero-order chi connectivity index (χ0) is 8.36. The first kappa shape index (κ1) is 9.32. The zero-order valence-electron chi connectivity index (χ0n) is 4.42. The monoisotopic (exact) mass is 164 g/mol. The Hall–Kier alpha value is -0.680. The molecule has 0 atom stereocenters. The van der Waals surface area contributed by atoms with Crippen LogP contribution in [0.5, 0.6) is 0 Å². The first-order valence-corrected chi connectivity index (χ1v) is 2.05. The molecule has 0 amide bonds. The van der Waals surface area contributed by atoms with E-state index >= 15 is 0 Å². The Balaban J connectivity index is 4.40. The molecule has 0 unspecified atom stereocenters. The number of hydrogen-bond acceptors (Lipinski definition) is 0. The van der Waals surface area contributed by atoms with Gasteiger partial charge in [0.05, 0.1) is 0 Å². The Bertz CT molecular complexity index is 137. The fourth-order valence-corrected chi connectivity index (χ4v) is 0.177. The molecule has 0 radical (unpaired) electrons. The van der Waals surface area contributed by atoms with E-state index in [2.05, 4.69) is 0 Å². The van der Waals surface area contributed by atoms with Crippen LogP contribution in [0.4, 0.5) is 26.3 Å². The average molecular weight is 164 g/mol.